The zero-order chi connectivity index (χ0) is 18.9. The molecule has 0 saturated heterocycles. The Hall–Kier alpha value is -3.12. The van der Waals surface area contributed by atoms with Gasteiger partial charge in [-0.25, -0.2) is 0 Å². The molecule has 0 spiro atoms. The van der Waals surface area contributed by atoms with E-state index in [1.54, 1.807) is 12.1 Å². The Balaban J connectivity index is 1.42. The number of amides is 2. The zero-order valence-electron chi connectivity index (χ0n) is 14.7. The molecule has 1 aromatic heterocycles. The summed E-state index contributed by atoms with van der Waals surface area (Å²) in [4.78, 5) is 24.6. The number of nitrogens with one attached hydrogen (secondary N) is 2. The molecular weight excluding hydrogens is 360 g/mol. The molecule has 1 heterocycles. The Morgan fingerprint density at radius 2 is 1.74 bits per heavy atom. The standard InChI is InChI=1S/C21H20N2O3S/c24-20(12-5-13-22-21(25)19-11-6-14-27-19)23-16-7-4-10-18(15-16)26-17-8-2-1-3-9-17/h1-4,6-11,14-15H,5,12-13H2,(H,22,25)(H,23,24). The third kappa shape index (κ3) is 5.97. The fraction of sp³-hybridized carbons (Fsp3) is 0.143. The number of rotatable bonds is 8. The second kappa shape index (κ2) is 9.54. The van der Waals surface area contributed by atoms with Gasteiger partial charge in [0.15, 0.2) is 0 Å². The van der Waals surface area contributed by atoms with Crippen molar-refractivity contribution in [2.24, 2.45) is 0 Å². The molecule has 27 heavy (non-hydrogen) atoms. The number of para-hydroxylation sites is 1. The van der Waals surface area contributed by atoms with Gasteiger partial charge >= 0.3 is 0 Å². The SMILES string of the molecule is O=C(CCCNC(=O)c1cccs1)Nc1cccc(Oc2ccccc2)c1. The minimum Gasteiger partial charge on any atom is -0.457 e. The van der Waals surface area contributed by atoms with E-state index in [9.17, 15) is 9.59 Å². The molecule has 0 atom stereocenters. The normalized spacial score (nSPS) is 10.2. The molecule has 3 rings (SSSR count). The molecule has 0 aliphatic carbocycles. The van der Waals surface area contributed by atoms with Gasteiger partial charge < -0.3 is 15.4 Å². The molecule has 6 heteroatoms. The van der Waals surface area contributed by atoms with E-state index < -0.39 is 0 Å². The topological polar surface area (TPSA) is 67.4 Å². The third-order valence-electron chi connectivity index (χ3n) is 3.71. The number of carbonyl (C=O) groups excluding carboxylic acids is 2. The number of thiophene rings is 1. The first-order valence-electron chi connectivity index (χ1n) is 8.65. The number of hydrogen-bond acceptors (Lipinski definition) is 4. The van der Waals surface area contributed by atoms with Crippen LogP contribution in [0.4, 0.5) is 5.69 Å². The van der Waals surface area contributed by atoms with Crippen LogP contribution in [0.15, 0.2) is 72.1 Å². The van der Waals surface area contributed by atoms with Gasteiger partial charge in [0, 0.05) is 24.7 Å². The lowest BCUT2D eigenvalue weighted by atomic mass is 10.2. The van der Waals surface area contributed by atoms with E-state index in [4.69, 9.17) is 4.74 Å². The maximum absolute atomic E-state index is 12.1. The average Bonchev–Trinajstić information content (AvgIpc) is 3.21. The fourth-order valence-corrected chi connectivity index (χ4v) is 3.07. The van der Waals surface area contributed by atoms with E-state index in [1.807, 2.05) is 60.0 Å². The summed E-state index contributed by atoms with van der Waals surface area (Å²) in [5.41, 5.74) is 0.677. The number of benzene rings is 2. The molecule has 2 N–H and O–H groups in total. The van der Waals surface area contributed by atoms with Crippen LogP contribution in [0.25, 0.3) is 0 Å². The van der Waals surface area contributed by atoms with E-state index in [0.29, 0.717) is 35.7 Å². The van der Waals surface area contributed by atoms with Crippen molar-refractivity contribution in [2.45, 2.75) is 12.8 Å². The van der Waals surface area contributed by atoms with Gasteiger partial charge in [-0.2, -0.15) is 0 Å². The van der Waals surface area contributed by atoms with E-state index in [2.05, 4.69) is 10.6 Å². The first-order valence-corrected chi connectivity index (χ1v) is 9.53. The molecule has 0 fully saturated rings. The van der Waals surface area contributed by atoms with Crippen LogP contribution >= 0.6 is 11.3 Å². The first kappa shape index (κ1) is 18.7. The van der Waals surface area contributed by atoms with E-state index in [1.165, 1.54) is 11.3 Å². The van der Waals surface area contributed by atoms with Gasteiger partial charge in [-0.3, -0.25) is 9.59 Å². The zero-order valence-corrected chi connectivity index (χ0v) is 15.5. The molecule has 2 amide bonds. The molecule has 0 radical (unpaired) electrons. The van der Waals surface area contributed by atoms with Gasteiger partial charge in [-0.05, 0) is 42.1 Å². The van der Waals surface area contributed by atoms with Gasteiger partial charge in [-0.1, -0.05) is 30.3 Å². The monoisotopic (exact) mass is 380 g/mol. The highest BCUT2D eigenvalue weighted by molar-refractivity contribution is 7.12. The summed E-state index contributed by atoms with van der Waals surface area (Å²) < 4.78 is 5.76. The molecule has 0 aliphatic heterocycles. The maximum Gasteiger partial charge on any atom is 0.261 e. The van der Waals surface area contributed by atoms with E-state index in [0.717, 1.165) is 5.75 Å². The van der Waals surface area contributed by atoms with E-state index in [-0.39, 0.29) is 11.8 Å². The summed E-state index contributed by atoms with van der Waals surface area (Å²) in [7, 11) is 0. The third-order valence-corrected chi connectivity index (χ3v) is 4.58. The van der Waals surface area contributed by atoms with Gasteiger partial charge in [0.05, 0.1) is 4.88 Å². The van der Waals surface area contributed by atoms with Gasteiger partial charge in [0.25, 0.3) is 5.91 Å². The van der Waals surface area contributed by atoms with Crippen molar-refractivity contribution in [2.75, 3.05) is 11.9 Å². The second-order valence-corrected chi connectivity index (χ2v) is 6.78. The molecule has 0 saturated carbocycles. The lowest BCUT2D eigenvalue weighted by Crippen LogP contribution is -2.24. The molecule has 5 nitrogen and oxygen atoms in total. The maximum atomic E-state index is 12.1. The Morgan fingerprint density at radius 3 is 2.52 bits per heavy atom. The summed E-state index contributed by atoms with van der Waals surface area (Å²) in [5.74, 6) is 1.19. The summed E-state index contributed by atoms with van der Waals surface area (Å²) in [6.45, 7) is 0.460. The van der Waals surface area contributed by atoms with Crippen molar-refractivity contribution in [3.05, 3.63) is 77.0 Å². The van der Waals surface area contributed by atoms with Gasteiger partial charge in [-0.15, -0.1) is 11.3 Å². The minimum atomic E-state index is -0.101. The summed E-state index contributed by atoms with van der Waals surface area (Å²) >= 11 is 1.40. The average molecular weight is 380 g/mol. The Bertz CT molecular complexity index is 879. The van der Waals surface area contributed by atoms with Crippen molar-refractivity contribution < 1.29 is 14.3 Å². The molecule has 0 unspecified atom stereocenters. The summed E-state index contributed by atoms with van der Waals surface area (Å²) in [6, 6.07) is 20.3. The smallest absolute Gasteiger partial charge is 0.261 e. The molecule has 3 aromatic rings. The van der Waals surface area contributed by atoms with Crippen LogP contribution in [0.1, 0.15) is 22.5 Å². The van der Waals surface area contributed by atoms with Crippen molar-refractivity contribution in [1.82, 2.24) is 5.32 Å². The van der Waals surface area contributed by atoms with Crippen molar-refractivity contribution >= 4 is 28.8 Å². The lowest BCUT2D eigenvalue weighted by molar-refractivity contribution is -0.116. The Labute approximate surface area is 162 Å². The molecule has 2 aromatic carbocycles. The molecular formula is C21H20N2O3S. The molecule has 0 aliphatic rings. The highest BCUT2D eigenvalue weighted by Crippen LogP contribution is 2.23. The second-order valence-electron chi connectivity index (χ2n) is 5.83. The van der Waals surface area contributed by atoms with Crippen LogP contribution in [-0.2, 0) is 4.79 Å². The van der Waals surface area contributed by atoms with Crippen LogP contribution in [0.2, 0.25) is 0 Å². The van der Waals surface area contributed by atoms with Crippen LogP contribution < -0.4 is 15.4 Å². The summed E-state index contributed by atoms with van der Waals surface area (Å²) in [6.07, 6.45) is 0.900. The van der Waals surface area contributed by atoms with E-state index >= 15 is 0 Å². The largest absolute Gasteiger partial charge is 0.457 e. The first-order chi connectivity index (χ1) is 13.2. The minimum absolute atomic E-state index is 0.0998. The van der Waals surface area contributed by atoms with Crippen molar-refractivity contribution in [3.63, 3.8) is 0 Å². The summed E-state index contributed by atoms with van der Waals surface area (Å²) in [5, 5.41) is 7.53. The highest BCUT2D eigenvalue weighted by atomic mass is 32.1. The molecule has 0 bridgehead atoms. The number of carbonyl (C=O) groups is 2. The highest BCUT2D eigenvalue weighted by Gasteiger charge is 2.07. The van der Waals surface area contributed by atoms with Crippen molar-refractivity contribution in [1.29, 1.82) is 0 Å². The Kier molecular flexibility index (Phi) is 6.60. The lowest BCUT2D eigenvalue weighted by Gasteiger charge is -2.09. The van der Waals surface area contributed by atoms with Crippen LogP contribution in [-0.4, -0.2) is 18.4 Å². The fourth-order valence-electron chi connectivity index (χ4n) is 2.43. The van der Waals surface area contributed by atoms with Crippen molar-refractivity contribution in [3.8, 4) is 11.5 Å². The quantitative estimate of drug-likeness (QED) is 0.557. The number of anilines is 1. The predicted molar refractivity (Wildman–Crippen MR) is 107 cm³/mol. The number of ether oxygens (including phenoxy) is 1. The Morgan fingerprint density at radius 1 is 0.926 bits per heavy atom. The van der Waals surface area contributed by atoms with Gasteiger partial charge in [0.1, 0.15) is 11.5 Å². The van der Waals surface area contributed by atoms with Crippen LogP contribution in [0, 0.1) is 0 Å². The van der Waals surface area contributed by atoms with Crippen LogP contribution in [0.5, 0.6) is 11.5 Å². The number of hydrogen-bond donors (Lipinski definition) is 2. The molecule has 138 valence electrons. The van der Waals surface area contributed by atoms with Gasteiger partial charge in [0.2, 0.25) is 5.91 Å². The van der Waals surface area contributed by atoms with Crippen LogP contribution in [0.3, 0.4) is 0 Å². The predicted octanol–water partition coefficient (Wildman–Crippen LogP) is 4.69.